The Morgan fingerprint density at radius 3 is 2.70 bits per heavy atom. The second kappa shape index (κ2) is 6.52. The molecule has 0 N–H and O–H groups in total. The maximum Gasteiger partial charge on any atom is 0.326 e. The predicted octanol–water partition coefficient (Wildman–Crippen LogP) is 2.71. The van der Waals surface area contributed by atoms with Crippen molar-refractivity contribution in [3.05, 3.63) is 72.7 Å². The number of carbonyl (C=O) groups excluding carboxylic acids is 2. The van der Waals surface area contributed by atoms with E-state index in [0.29, 0.717) is 5.76 Å². The van der Waals surface area contributed by atoms with Gasteiger partial charge in [0.05, 0.1) is 12.2 Å². The molecule has 0 spiro atoms. The van der Waals surface area contributed by atoms with Crippen LogP contribution in [0.25, 0.3) is 0 Å². The van der Waals surface area contributed by atoms with Gasteiger partial charge in [0.15, 0.2) is 0 Å². The van der Waals surface area contributed by atoms with Gasteiger partial charge in [-0.3, -0.25) is 9.59 Å². The van der Waals surface area contributed by atoms with E-state index in [9.17, 15) is 9.59 Å². The van der Waals surface area contributed by atoms with Gasteiger partial charge in [-0.1, -0.05) is 36.4 Å². The van der Waals surface area contributed by atoms with E-state index in [2.05, 4.69) is 6.58 Å². The standard InChI is InChI=1S/C18H17NO4/c1-2-14-17(15-9-6-10-22-15)19(18(14)21)11-16(20)23-12-13-7-4-3-5-8-13/h2-10,14,17H,1,11-12H2/t14-,17+/m1/s1. The molecule has 1 aromatic carbocycles. The Balaban J connectivity index is 1.61. The predicted molar refractivity (Wildman–Crippen MR) is 83.1 cm³/mol. The lowest BCUT2D eigenvalue weighted by Crippen LogP contribution is -2.55. The van der Waals surface area contributed by atoms with Crippen molar-refractivity contribution < 1.29 is 18.7 Å². The lowest BCUT2D eigenvalue weighted by Gasteiger charge is -2.44. The number of β-lactam (4-membered cyclic amide) rings is 1. The van der Waals surface area contributed by atoms with Gasteiger partial charge in [-0.25, -0.2) is 0 Å². The molecule has 2 atom stereocenters. The SMILES string of the molecule is C=C[C@H]1C(=O)N(CC(=O)OCc2ccccc2)[C@@H]1c1ccco1. The second-order valence-electron chi connectivity index (χ2n) is 5.33. The van der Waals surface area contributed by atoms with Gasteiger partial charge in [0.1, 0.15) is 25.0 Å². The lowest BCUT2D eigenvalue weighted by molar-refractivity contribution is -0.164. The van der Waals surface area contributed by atoms with Crippen LogP contribution >= 0.6 is 0 Å². The highest BCUT2D eigenvalue weighted by molar-refractivity contribution is 5.91. The van der Waals surface area contributed by atoms with Crippen molar-refractivity contribution in [3.8, 4) is 0 Å². The summed E-state index contributed by atoms with van der Waals surface area (Å²) in [5.74, 6) is -0.298. The summed E-state index contributed by atoms with van der Waals surface area (Å²) in [6, 6.07) is 12.7. The van der Waals surface area contributed by atoms with Crippen LogP contribution in [0.2, 0.25) is 0 Å². The first kappa shape index (κ1) is 15.1. The van der Waals surface area contributed by atoms with Gasteiger partial charge < -0.3 is 14.1 Å². The van der Waals surface area contributed by atoms with Gasteiger partial charge in [-0.2, -0.15) is 0 Å². The fraction of sp³-hybridized carbons (Fsp3) is 0.222. The first-order chi connectivity index (χ1) is 11.2. The molecule has 2 aromatic rings. The molecule has 0 aliphatic carbocycles. The monoisotopic (exact) mass is 311 g/mol. The maximum absolute atomic E-state index is 12.1. The molecule has 1 aromatic heterocycles. The highest BCUT2D eigenvalue weighted by Gasteiger charge is 2.48. The minimum absolute atomic E-state index is 0.0959. The summed E-state index contributed by atoms with van der Waals surface area (Å²) in [6.07, 6.45) is 3.13. The average molecular weight is 311 g/mol. The zero-order valence-corrected chi connectivity index (χ0v) is 12.6. The van der Waals surface area contributed by atoms with Crippen molar-refractivity contribution in [1.82, 2.24) is 4.90 Å². The van der Waals surface area contributed by atoms with E-state index < -0.39 is 5.97 Å². The fourth-order valence-corrected chi connectivity index (χ4v) is 2.69. The van der Waals surface area contributed by atoms with Crippen molar-refractivity contribution in [3.63, 3.8) is 0 Å². The topological polar surface area (TPSA) is 59.8 Å². The van der Waals surface area contributed by atoms with E-state index in [1.165, 1.54) is 4.90 Å². The highest BCUT2D eigenvalue weighted by Crippen LogP contribution is 2.40. The minimum atomic E-state index is -0.443. The van der Waals surface area contributed by atoms with Crippen LogP contribution in [0, 0.1) is 5.92 Å². The fourth-order valence-electron chi connectivity index (χ4n) is 2.69. The third-order valence-electron chi connectivity index (χ3n) is 3.87. The van der Waals surface area contributed by atoms with E-state index in [1.54, 1.807) is 24.5 Å². The summed E-state index contributed by atoms with van der Waals surface area (Å²) >= 11 is 0. The van der Waals surface area contributed by atoms with Gasteiger partial charge in [-0.05, 0) is 17.7 Å². The van der Waals surface area contributed by atoms with Gasteiger partial charge in [0, 0.05) is 0 Å². The summed E-state index contributed by atoms with van der Waals surface area (Å²) in [7, 11) is 0. The van der Waals surface area contributed by atoms with Crippen LogP contribution in [-0.4, -0.2) is 23.3 Å². The molecule has 1 aliphatic heterocycles. The summed E-state index contributed by atoms with van der Waals surface area (Å²) < 4.78 is 10.6. The zero-order valence-electron chi connectivity index (χ0n) is 12.6. The molecule has 5 heteroatoms. The Morgan fingerprint density at radius 1 is 1.26 bits per heavy atom. The summed E-state index contributed by atoms with van der Waals surface area (Å²) in [6.45, 7) is 3.77. The van der Waals surface area contributed by atoms with Crippen molar-refractivity contribution in [1.29, 1.82) is 0 Å². The van der Waals surface area contributed by atoms with E-state index in [1.807, 2.05) is 30.3 Å². The molecule has 0 bridgehead atoms. The molecule has 5 nitrogen and oxygen atoms in total. The van der Waals surface area contributed by atoms with Crippen LogP contribution in [0.3, 0.4) is 0 Å². The molecule has 1 fully saturated rings. The van der Waals surface area contributed by atoms with Gasteiger partial charge in [0.2, 0.25) is 5.91 Å². The molecular formula is C18H17NO4. The Morgan fingerprint density at radius 2 is 2.04 bits per heavy atom. The molecule has 0 unspecified atom stereocenters. The molecule has 2 heterocycles. The molecule has 1 saturated heterocycles. The number of nitrogens with zero attached hydrogens (tertiary/aromatic N) is 1. The molecule has 1 amide bonds. The first-order valence-corrected chi connectivity index (χ1v) is 7.36. The molecule has 3 rings (SSSR count). The number of rotatable bonds is 6. The van der Waals surface area contributed by atoms with E-state index in [-0.39, 0.29) is 31.0 Å². The Bertz CT molecular complexity index is 693. The number of hydrogen-bond acceptors (Lipinski definition) is 4. The van der Waals surface area contributed by atoms with Crippen molar-refractivity contribution in [2.45, 2.75) is 12.6 Å². The smallest absolute Gasteiger partial charge is 0.326 e. The quantitative estimate of drug-likeness (QED) is 0.467. The molecule has 118 valence electrons. The largest absolute Gasteiger partial charge is 0.467 e. The average Bonchev–Trinajstić information content (AvgIpc) is 3.10. The van der Waals surface area contributed by atoms with Gasteiger partial charge >= 0.3 is 5.97 Å². The van der Waals surface area contributed by atoms with Crippen LogP contribution in [0.4, 0.5) is 0 Å². The van der Waals surface area contributed by atoms with Crippen LogP contribution in [0.5, 0.6) is 0 Å². The third kappa shape index (κ3) is 3.04. The number of amides is 1. The molecule has 23 heavy (non-hydrogen) atoms. The van der Waals surface area contributed by atoms with Crippen LogP contribution in [-0.2, 0) is 20.9 Å². The highest BCUT2D eigenvalue weighted by atomic mass is 16.5. The lowest BCUT2D eigenvalue weighted by atomic mass is 9.85. The maximum atomic E-state index is 12.1. The third-order valence-corrected chi connectivity index (χ3v) is 3.87. The summed E-state index contributed by atoms with van der Waals surface area (Å²) in [4.78, 5) is 25.6. The number of furan rings is 1. The van der Waals surface area contributed by atoms with Crippen molar-refractivity contribution >= 4 is 11.9 Å². The molecular weight excluding hydrogens is 294 g/mol. The number of carbonyl (C=O) groups is 2. The van der Waals surface area contributed by atoms with E-state index in [4.69, 9.17) is 9.15 Å². The number of hydrogen-bond donors (Lipinski definition) is 0. The van der Waals surface area contributed by atoms with Crippen molar-refractivity contribution in [2.75, 3.05) is 6.54 Å². The second-order valence-corrected chi connectivity index (χ2v) is 5.33. The van der Waals surface area contributed by atoms with Gasteiger partial charge in [0.25, 0.3) is 0 Å². The molecule has 1 aliphatic rings. The first-order valence-electron chi connectivity index (χ1n) is 7.36. The Hall–Kier alpha value is -2.82. The zero-order chi connectivity index (χ0) is 16.2. The number of ether oxygens (including phenoxy) is 1. The minimum Gasteiger partial charge on any atom is -0.467 e. The molecule has 0 radical (unpaired) electrons. The summed E-state index contributed by atoms with van der Waals surface area (Å²) in [5, 5.41) is 0. The van der Waals surface area contributed by atoms with Crippen molar-refractivity contribution in [2.24, 2.45) is 5.92 Å². The number of benzene rings is 1. The van der Waals surface area contributed by atoms with Crippen LogP contribution < -0.4 is 0 Å². The number of likely N-dealkylation sites (tertiary alicyclic amines) is 1. The van der Waals surface area contributed by atoms with Crippen LogP contribution in [0.15, 0.2) is 65.8 Å². The Kier molecular flexibility index (Phi) is 4.28. The van der Waals surface area contributed by atoms with Gasteiger partial charge in [-0.15, -0.1) is 6.58 Å². The normalized spacial score (nSPS) is 20.0. The van der Waals surface area contributed by atoms with E-state index >= 15 is 0 Å². The Labute approximate surface area is 134 Å². The van der Waals surface area contributed by atoms with E-state index in [0.717, 1.165) is 5.56 Å². The molecule has 0 saturated carbocycles. The number of esters is 1. The van der Waals surface area contributed by atoms with Crippen LogP contribution in [0.1, 0.15) is 17.4 Å². The summed E-state index contributed by atoms with van der Waals surface area (Å²) in [5.41, 5.74) is 0.905.